The van der Waals surface area contributed by atoms with E-state index in [0.717, 1.165) is 5.57 Å². The third-order valence-electron chi connectivity index (χ3n) is 4.50. The minimum atomic E-state index is -0.116. The molecule has 0 aromatic carbocycles. The van der Waals surface area contributed by atoms with Crippen LogP contribution in [0.3, 0.4) is 0 Å². The summed E-state index contributed by atoms with van der Waals surface area (Å²) in [5, 5.41) is 24.3. The second kappa shape index (κ2) is 5.77. The molecule has 0 spiro atoms. The van der Waals surface area contributed by atoms with E-state index in [9.17, 15) is 10.2 Å². The topological polar surface area (TPSA) is 87.1 Å². The second-order valence-corrected chi connectivity index (χ2v) is 6.09. The van der Waals surface area contributed by atoms with Crippen molar-refractivity contribution in [1.29, 1.82) is 0 Å². The molecule has 5 heterocycles. The van der Waals surface area contributed by atoms with E-state index in [1.807, 2.05) is 60.9 Å². The molecule has 7 heteroatoms. The van der Waals surface area contributed by atoms with Crippen LogP contribution in [0.25, 0.3) is 16.9 Å². The molecule has 0 bridgehead atoms. The molecule has 0 saturated carbocycles. The SMILES string of the molecule is Oc1nc2ccccn2c1C(=C1C=CNC=C1)c1c(O)nc2ccccn12. The lowest BCUT2D eigenvalue weighted by atomic mass is 10.00. The van der Waals surface area contributed by atoms with E-state index in [0.29, 0.717) is 28.3 Å². The van der Waals surface area contributed by atoms with Crippen molar-refractivity contribution < 1.29 is 10.2 Å². The van der Waals surface area contributed by atoms with Gasteiger partial charge in [0.2, 0.25) is 11.8 Å². The van der Waals surface area contributed by atoms with Crippen molar-refractivity contribution in [2.45, 2.75) is 0 Å². The molecule has 27 heavy (non-hydrogen) atoms. The molecule has 4 aromatic heterocycles. The standard InChI is InChI=1S/C20H15N5O2/c26-19-17(24-11-3-1-5-14(24)22-19)16(13-7-9-21-10-8-13)18-20(27)23-15-6-2-4-12-25(15)18/h1-12,21,26-27H. The summed E-state index contributed by atoms with van der Waals surface area (Å²) >= 11 is 0. The van der Waals surface area contributed by atoms with Gasteiger partial charge in [0, 0.05) is 30.4 Å². The van der Waals surface area contributed by atoms with E-state index in [1.165, 1.54) is 0 Å². The Morgan fingerprint density at radius 1 is 0.778 bits per heavy atom. The number of rotatable bonds is 2. The van der Waals surface area contributed by atoms with Crippen LogP contribution in [0.4, 0.5) is 0 Å². The van der Waals surface area contributed by atoms with Crippen LogP contribution in [0.1, 0.15) is 11.4 Å². The Morgan fingerprint density at radius 2 is 1.30 bits per heavy atom. The first-order valence-electron chi connectivity index (χ1n) is 8.40. The molecule has 0 atom stereocenters. The molecule has 7 nitrogen and oxygen atoms in total. The Balaban J connectivity index is 1.93. The van der Waals surface area contributed by atoms with Crippen LogP contribution in [-0.2, 0) is 0 Å². The molecule has 0 radical (unpaired) electrons. The highest BCUT2D eigenvalue weighted by Crippen LogP contribution is 2.38. The summed E-state index contributed by atoms with van der Waals surface area (Å²) < 4.78 is 3.59. The normalized spacial score (nSPS) is 13.4. The quantitative estimate of drug-likeness (QED) is 0.513. The monoisotopic (exact) mass is 357 g/mol. The van der Waals surface area contributed by atoms with Gasteiger partial charge in [0.25, 0.3) is 0 Å². The molecule has 0 unspecified atom stereocenters. The maximum absolute atomic E-state index is 10.7. The van der Waals surface area contributed by atoms with Gasteiger partial charge in [-0.2, -0.15) is 9.97 Å². The smallest absolute Gasteiger partial charge is 0.238 e. The number of hydrogen-bond acceptors (Lipinski definition) is 5. The molecule has 0 amide bonds. The molecular formula is C20H15N5O2. The number of pyridine rings is 2. The molecule has 4 aromatic rings. The van der Waals surface area contributed by atoms with Crippen LogP contribution in [0.15, 0.2) is 78.9 Å². The van der Waals surface area contributed by atoms with Crippen molar-refractivity contribution >= 4 is 16.9 Å². The molecule has 0 aliphatic carbocycles. The van der Waals surface area contributed by atoms with Gasteiger partial charge < -0.3 is 15.5 Å². The number of hydrogen-bond donors (Lipinski definition) is 3. The van der Waals surface area contributed by atoms with Gasteiger partial charge in [-0.1, -0.05) is 12.1 Å². The Kier molecular flexibility index (Phi) is 3.26. The van der Waals surface area contributed by atoms with E-state index in [2.05, 4.69) is 15.3 Å². The summed E-state index contributed by atoms with van der Waals surface area (Å²) in [5.41, 5.74) is 3.61. The van der Waals surface area contributed by atoms with Gasteiger partial charge in [-0.05, 0) is 42.0 Å². The predicted molar refractivity (Wildman–Crippen MR) is 101 cm³/mol. The minimum absolute atomic E-state index is 0.116. The van der Waals surface area contributed by atoms with Crippen molar-refractivity contribution in [1.82, 2.24) is 24.1 Å². The molecule has 1 aliphatic rings. The number of fused-ring (bicyclic) bond motifs is 2. The lowest BCUT2D eigenvalue weighted by Crippen LogP contribution is -2.04. The number of aromatic hydroxyl groups is 2. The van der Waals surface area contributed by atoms with Gasteiger partial charge in [0.1, 0.15) is 22.7 Å². The highest BCUT2D eigenvalue weighted by atomic mass is 16.3. The van der Waals surface area contributed by atoms with Crippen LogP contribution < -0.4 is 5.32 Å². The molecule has 0 fully saturated rings. The number of allylic oxidation sites excluding steroid dienone is 3. The third kappa shape index (κ3) is 2.29. The van der Waals surface area contributed by atoms with Crippen molar-refractivity contribution in [2.24, 2.45) is 0 Å². The van der Waals surface area contributed by atoms with Crippen molar-refractivity contribution in [3.05, 3.63) is 90.3 Å². The number of imidazole rings is 2. The lowest BCUT2D eigenvalue weighted by molar-refractivity contribution is 0.452. The number of nitrogens with one attached hydrogen (secondary N) is 1. The Labute approximate surface area is 153 Å². The van der Waals surface area contributed by atoms with E-state index in [4.69, 9.17) is 0 Å². The fourth-order valence-corrected chi connectivity index (χ4v) is 3.37. The van der Waals surface area contributed by atoms with Gasteiger partial charge >= 0.3 is 0 Å². The van der Waals surface area contributed by atoms with Gasteiger partial charge in [0.15, 0.2) is 0 Å². The summed E-state index contributed by atoms with van der Waals surface area (Å²) in [5.74, 6) is -0.233. The molecular weight excluding hydrogens is 342 g/mol. The van der Waals surface area contributed by atoms with Crippen LogP contribution in [0, 0.1) is 0 Å². The van der Waals surface area contributed by atoms with Crippen LogP contribution in [0.5, 0.6) is 11.8 Å². The van der Waals surface area contributed by atoms with Crippen molar-refractivity contribution in [2.75, 3.05) is 0 Å². The van der Waals surface area contributed by atoms with Gasteiger partial charge in [-0.3, -0.25) is 8.80 Å². The molecule has 5 rings (SSSR count). The summed E-state index contributed by atoms with van der Waals surface area (Å²) in [7, 11) is 0. The zero-order valence-electron chi connectivity index (χ0n) is 14.1. The average Bonchev–Trinajstić information content (AvgIpc) is 3.20. The molecule has 1 aliphatic heterocycles. The third-order valence-corrected chi connectivity index (χ3v) is 4.50. The van der Waals surface area contributed by atoms with Crippen molar-refractivity contribution in [3.63, 3.8) is 0 Å². The Morgan fingerprint density at radius 3 is 1.81 bits per heavy atom. The molecule has 132 valence electrons. The van der Waals surface area contributed by atoms with Crippen LogP contribution >= 0.6 is 0 Å². The minimum Gasteiger partial charge on any atom is -0.492 e. The van der Waals surface area contributed by atoms with Gasteiger partial charge in [0.05, 0.1) is 0 Å². The van der Waals surface area contributed by atoms with Gasteiger partial charge in [-0.25, -0.2) is 0 Å². The molecule has 3 N–H and O–H groups in total. The largest absolute Gasteiger partial charge is 0.492 e. The summed E-state index contributed by atoms with van der Waals surface area (Å²) in [6.07, 6.45) is 11.0. The number of nitrogens with zero attached hydrogens (tertiary/aromatic N) is 4. The fraction of sp³-hybridized carbons (Fsp3) is 0. The van der Waals surface area contributed by atoms with E-state index < -0.39 is 0 Å². The first kappa shape index (κ1) is 15.3. The maximum atomic E-state index is 10.7. The second-order valence-electron chi connectivity index (χ2n) is 6.09. The Hall–Kier alpha value is -4.00. The average molecular weight is 357 g/mol. The predicted octanol–water partition coefficient (Wildman–Crippen LogP) is 2.83. The van der Waals surface area contributed by atoms with Gasteiger partial charge in [-0.15, -0.1) is 0 Å². The first-order valence-corrected chi connectivity index (χ1v) is 8.40. The maximum Gasteiger partial charge on any atom is 0.238 e. The molecule has 0 saturated heterocycles. The summed E-state index contributed by atoms with van der Waals surface area (Å²) in [6, 6.07) is 11.1. The zero-order valence-corrected chi connectivity index (χ0v) is 14.1. The van der Waals surface area contributed by atoms with Crippen LogP contribution in [0.2, 0.25) is 0 Å². The Bertz CT molecular complexity index is 1180. The van der Waals surface area contributed by atoms with E-state index >= 15 is 0 Å². The number of aromatic nitrogens is 4. The summed E-state index contributed by atoms with van der Waals surface area (Å²) in [6.45, 7) is 0. The van der Waals surface area contributed by atoms with Crippen molar-refractivity contribution in [3.8, 4) is 11.8 Å². The first-order chi connectivity index (χ1) is 13.2. The lowest BCUT2D eigenvalue weighted by Gasteiger charge is -2.13. The fourth-order valence-electron chi connectivity index (χ4n) is 3.37. The summed E-state index contributed by atoms with van der Waals surface area (Å²) in [4.78, 5) is 8.52. The zero-order chi connectivity index (χ0) is 18.4. The number of dihydropyridines is 1. The van der Waals surface area contributed by atoms with E-state index in [1.54, 1.807) is 21.2 Å². The highest BCUT2D eigenvalue weighted by molar-refractivity contribution is 5.88. The van der Waals surface area contributed by atoms with Crippen LogP contribution in [-0.4, -0.2) is 29.0 Å². The highest BCUT2D eigenvalue weighted by Gasteiger charge is 2.25. The van der Waals surface area contributed by atoms with E-state index in [-0.39, 0.29) is 11.8 Å².